The maximum atomic E-state index is 12.6. The fraction of sp³-hybridized carbons (Fsp3) is 0.136. The molecule has 0 aromatic heterocycles. The fourth-order valence-electron chi connectivity index (χ4n) is 2.71. The number of para-hydroxylation sites is 1. The molecule has 0 bridgehead atoms. The van der Waals surface area contributed by atoms with Gasteiger partial charge in [0.15, 0.2) is 0 Å². The molecule has 30 heavy (non-hydrogen) atoms. The molecular weight excluding hydrogens is 386 g/mol. The molecule has 8 nitrogen and oxygen atoms in total. The molecule has 0 saturated carbocycles. The van der Waals surface area contributed by atoms with Gasteiger partial charge in [-0.1, -0.05) is 18.2 Å². The molecule has 0 aliphatic heterocycles. The zero-order valence-electron chi connectivity index (χ0n) is 16.5. The van der Waals surface area contributed by atoms with Crippen LogP contribution in [0.1, 0.15) is 6.92 Å². The third-order valence-corrected chi connectivity index (χ3v) is 4.26. The Morgan fingerprint density at radius 3 is 2.30 bits per heavy atom. The van der Waals surface area contributed by atoms with Crippen LogP contribution in [0.25, 0.3) is 0 Å². The van der Waals surface area contributed by atoms with E-state index >= 15 is 0 Å². The first-order valence-electron chi connectivity index (χ1n) is 9.19. The smallest absolute Gasteiger partial charge is 0.271 e. The minimum Gasteiger partial charge on any atom is -0.495 e. The molecule has 0 aliphatic carbocycles. The Morgan fingerprint density at radius 1 is 1.00 bits per heavy atom. The second-order valence-electron chi connectivity index (χ2n) is 6.44. The van der Waals surface area contributed by atoms with E-state index in [9.17, 15) is 14.9 Å². The molecule has 1 atom stereocenters. The minimum absolute atomic E-state index is 0.138. The number of nitrogens with zero attached hydrogens (tertiary/aromatic N) is 1. The molecule has 2 N–H and O–H groups in total. The highest BCUT2D eigenvalue weighted by Gasteiger charge is 2.17. The number of hydrogen-bond acceptors (Lipinski definition) is 6. The van der Waals surface area contributed by atoms with E-state index < -0.39 is 11.0 Å². The van der Waals surface area contributed by atoms with Crippen LogP contribution in [-0.4, -0.2) is 24.0 Å². The van der Waals surface area contributed by atoms with Crippen molar-refractivity contribution in [2.75, 3.05) is 17.7 Å². The number of hydrogen-bond donors (Lipinski definition) is 2. The second kappa shape index (κ2) is 9.42. The number of methoxy groups -OCH3 is 1. The van der Waals surface area contributed by atoms with E-state index in [1.807, 2.05) is 30.3 Å². The van der Waals surface area contributed by atoms with Crippen LogP contribution in [0, 0.1) is 10.1 Å². The lowest BCUT2D eigenvalue weighted by molar-refractivity contribution is -0.384. The molecule has 0 saturated heterocycles. The normalized spacial score (nSPS) is 11.3. The number of rotatable bonds is 8. The molecule has 3 aromatic carbocycles. The number of nitro groups is 1. The van der Waals surface area contributed by atoms with E-state index in [1.165, 1.54) is 25.3 Å². The molecule has 8 heteroatoms. The summed E-state index contributed by atoms with van der Waals surface area (Å²) in [6, 6.07) is 20.0. The molecule has 0 fully saturated rings. The number of non-ortho nitro benzene ring substituents is 1. The van der Waals surface area contributed by atoms with Gasteiger partial charge in [0.05, 0.1) is 17.7 Å². The van der Waals surface area contributed by atoms with E-state index in [2.05, 4.69) is 10.6 Å². The Labute approximate surface area is 173 Å². The number of anilines is 2. The highest BCUT2D eigenvalue weighted by atomic mass is 16.6. The van der Waals surface area contributed by atoms with Crippen molar-refractivity contribution < 1.29 is 19.2 Å². The van der Waals surface area contributed by atoms with Crippen LogP contribution in [0.15, 0.2) is 72.8 Å². The van der Waals surface area contributed by atoms with E-state index in [-0.39, 0.29) is 17.3 Å². The van der Waals surface area contributed by atoms with Crippen molar-refractivity contribution in [3.63, 3.8) is 0 Å². The lowest BCUT2D eigenvalue weighted by Gasteiger charge is -2.17. The lowest BCUT2D eigenvalue weighted by atomic mass is 10.2. The SMILES string of the molecule is COc1ccc([N+](=O)[O-])cc1NC(=O)[C@H](C)Nc1ccc(Oc2ccccc2)cc1. The number of ether oxygens (including phenoxy) is 2. The molecule has 0 radical (unpaired) electrons. The predicted octanol–water partition coefficient (Wildman–Crippen LogP) is 4.83. The van der Waals surface area contributed by atoms with Crippen LogP contribution in [0.5, 0.6) is 17.2 Å². The number of carbonyl (C=O) groups is 1. The minimum atomic E-state index is -0.602. The molecule has 3 aromatic rings. The summed E-state index contributed by atoms with van der Waals surface area (Å²) in [5.74, 6) is 1.38. The molecular formula is C22H21N3O5. The Kier molecular flexibility index (Phi) is 6.49. The van der Waals surface area contributed by atoms with E-state index in [1.54, 1.807) is 31.2 Å². The summed E-state index contributed by atoms with van der Waals surface area (Å²) < 4.78 is 10.9. The molecule has 1 amide bonds. The van der Waals surface area contributed by atoms with Crippen molar-refractivity contribution in [3.05, 3.63) is 82.9 Å². The van der Waals surface area contributed by atoms with Gasteiger partial charge in [0.25, 0.3) is 5.69 Å². The van der Waals surface area contributed by atoms with E-state index in [0.717, 1.165) is 11.4 Å². The van der Waals surface area contributed by atoms with Crippen LogP contribution in [-0.2, 0) is 4.79 Å². The number of nitrogens with one attached hydrogen (secondary N) is 2. The van der Waals surface area contributed by atoms with Crippen molar-refractivity contribution in [2.45, 2.75) is 13.0 Å². The summed E-state index contributed by atoms with van der Waals surface area (Å²) in [7, 11) is 1.43. The van der Waals surface area contributed by atoms with Gasteiger partial charge in [-0.15, -0.1) is 0 Å². The summed E-state index contributed by atoms with van der Waals surface area (Å²) in [5.41, 5.74) is 0.821. The number of benzene rings is 3. The summed E-state index contributed by atoms with van der Waals surface area (Å²) in [6.45, 7) is 1.69. The predicted molar refractivity (Wildman–Crippen MR) is 114 cm³/mol. The third kappa shape index (κ3) is 5.26. The molecule has 3 rings (SSSR count). The van der Waals surface area contributed by atoms with Crippen molar-refractivity contribution in [2.24, 2.45) is 0 Å². The number of carbonyl (C=O) groups excluding carboxylic acids is 1. The average molecular weight is 407 g/mol. The Morgan fingerprint density at radius 2 is 1.67 bits per heavy atom. The Balaban J connectivity index is 1.63. The molecule has 0 spiro atoms. The summed E-state index contributed by atoms with van der Waals surface area (Å²) in [5, 5.41) is 16.7. The maximum Gasteiger partial charge on any atom is 0.271 e. The standard InChI is InChI=1S/C22H21N3O5/c1-15(22(26)24-20-14-17(25(27)28)10-13-21(20)29-2)23-16-8-11-19(12-9-16)30-18-6-4-3-5-7-18/h3-15,23H,1-2H3,(H,24,26)/t15-/m0/s1. The van der Waals surface area contributed by atoms with E-state index in [4.69, 9.17) is 9.47 Å². The van der Waals surface area contributed by atoms with E-state index in [0.29, 0.717) is 11.5 Å². The van der Waals surface area contributed by atoms with Crippen molar-refractivity contribution >= 4 is 23.0 Å². The molecule has 0 aliphatic rings. The van der Waals surface area contributed by atoms with Crippen LogP contribution in [0.2, 0.25) is 0 Å². The Bertz CT molecular complexity index is 1020. The summed E-state index contributed by atoms with van der Waals surface area (Å²) >= 11 is 0. The van der Waals surface area contributed by atoms with Crippen LogP contribution in [0.3, 0.4) is 0 Å². The summed E-state index contributed by atoms with van der Waals surface area (Å²) in [6.07, 6.45) is 0. The summed E-state index contributed by atoms with van der Waals surface area (Å²) in [4.78, 5) is 23.0. The largest absolute Gasteiger partial charge is 0.495 e. The Hall–Kier alpha value is -4.07. The van der Waals surface area contributed by atoms with Gasteiger partial charge in [0, 0.05) is 17.8 Å². The zero-order valence-corrected chi connectivity index (χ0v) is 16.5. The van der Waals surface area contributed by atoms with Gasteiger partial charge in [-0.25, -0.2) is 0 Å². The van der Waals surface area contributed by atoms with Crippen molar-refractivity contribution in [1.82, 2.24) is 0 Å². The topological polar surface area (TPSA) is 103 Å². The highest BCUT2D eigenvalue weighted by Crippen LogP contribution is 2.29. The number of nitro benzene ring substituents is 1. The molecule has 0 heterocycles. The van der Waals surface area contributed by atoms with Gasteiger partial charge in [0.1, 0.15) is 23.3 Å². The van der Waals surface area contributed by atoms with Gasteiger partial charge in [-0.3, -0.25) is 14.9 Å². The van der Waals surface area contributed by atoms with Gasteiger partial charge in [-0.2, -0.15) is 0 Å². The van der Waals surface area contributed by atoms with Crippen molar-refractivity contribution in [3.8, 4) is 17.2 Å². The van der Waals surface area contributed by atoms with Crippen LogP contribution in [0.4, 0.5) is 17.1 Å². The van der Waals surface area contributed by atoms with Crippen LogP contribution < -0.4 is 20.1 Å². The quantitative estimate of drug-likeness (QED) is 0.409. The first kappa shape index (κ1) is 20.7. The zero-order chi connectivity index (χ0) is 21.5. The highest BCUT2D eigenvalue weighted by molar-refractivity contribution is 5.97. The maximum absolute atomic E-state index is 12.6. The fourth-order valence-corrected chi connectivity index (χ4v) is 2.71. The van der Waals surface area contributed by atoms with Crippen LogP contribution >= 0.6 is 0 Å². The second-order valence-corrected chi connectivity index (χ2v) is 6.44. The van der Waals surface area contributed by atoms with Gasteiger partial charge >= 0.3 is 0 Å². The van der Waals surface area contributed by atoms with Gasteiger partial charge in [-0.05, 0) is 49.4 Å². The molecule has 0 unspecified atom stereocenters. The number of amides is 1. The lowest BCUT2D eigenvalue weighted by Crippen LogP contribution is -2.32. The monoisotopic (exact) mass is 407 g/mol. The first-order valence-corrected chi connectivity index (χ1v) is 9.19. The van der Waals surface area contributed by atoms with Gasteiger partial charge < -0.3 is 20.1 Å². The molecule has 154 valence electrons. The van der Waals surface area contributed by atoms with Gasteiger partial charge in [0.2, 0.25) is 5.91 Å². The average Bonchev–Trinajstić information content (AvgIpc) is 2.75. The first-order chi connectivity index (χ1) is 14.5. The van der Waals surface area contributed by atoms with Crippen molar-refractivity contribution in [1.29, 1.82) is 0 Å². The third-order valence-electron chi connectivity index (χ3n) is 4.26.